The minimum Gasteiger partial charge on any atom is -0.436 e. The molecule has 0 fully saturated rings. The number of benzene rings is 2. The smallest absolute Gasteiger partial charge is 0.228 e. The maximum atomic E-state index is 9.47. The van der Waals surface area contributed by atoms with E-state index in [4.69, 9.17) is 27.6 Å². The van der Waals surface area contributed by atoms with Crippen molar-refractivity contribution in [2.75, 3.05) is 17.7 Å². The lowest BCUT2D eigenvalue weighted by molar-refractivity contribution is 0.211. The van der Waals surface area contributed by atoms with Crippen LogP contribution in [-0.2, 0) is 0 Å². The van der Waals surface area contributed by atoms with Crippen molar-refractivity contribution in [1.29, 1.82) is 0 Å². The number of aliphatic hydroxyl groups is 1. The van der Waals surface area contributed by atoms with Crippen molar-refractivity contribution in [1.82, 2.24) is 4.98 Å². The van der Waals surface area contributed by atoms with Gasteiger partial charge in [-0.05, 0) is 24.3 Å². The Morgan fingerprint density at radius 1 is 1.23 bits per heavy atom. The molecular formula is C16H14Cl2N2O2. The largest absolute Gasteiger partial charge is 0.436 e. The molecule has 0 bridgehead atoms. The van der Waals surface area contributed by atoms with Crippen LogP contribution in [0.4, 0.5) is 5.69 Å². The number of aromatic nitrogens is 1. The van der Waals surface area contributed by atoms with Crippen LogP contribution in [-0.4, -0.2) is 28.6 Å². The first kappa shape index (κ1) is 15.2. The first-order valence-corrected chi connectivity index (χ1v) is 7.72. The van der Waals surface area contributed by atoms with Gasteiger partial charge in [0.1, 0.15) is 5.52 Å². The molecule has 0 spiro atoms. The number of anilines is 1. The van der Waals surface area contributed by atoms with Crippen LogP contribution in [0.1, 0.15) is 0 Å². The number of aliphatic hydroxyl groups excluding tert-OH is 1. The summed E-state index contributed by atoms with van der Waals surface area (Å²) in [6.07, 6.45) is -0.592. The number of nitrogens with one attached hydrogen (secondary N) is 1. The molecule has 1 heterocycles. The predicted molar refractivity (Wildman–Crippen MR) is 89.7 cm³/mol. The van der Waals surface area contributed by atoms with E-state index in [9.17, 15) is 5.11 Å². The minimum absolute atomic E-state index is 0.189. The van der Waals surface area contributed by atoms with E-state index < -0.39 is 6.10 Å². The summed E-state index contributed by atoms with van der Waals surface area (Å²) in [5.74, 6) is 0.673. The zero-order valence-electron chi connectivity index (χ0n) is 11.6. The molecule has 4 nitrogen and oxygen atoms in total. The van der Waals surface area contributed by atoms with Gasteiger partial charge >= 0.3 is 0 Å². The fourth-order valence-corrected chi connectivity index (χ4v) is 2.40. The Morgan fingerprint density at radius 2 is 2.05 bits per heavy atom. The Bertz CT molecular complexity index is 789. The summed E-state index contributed by atoms with van der Waals surface area (Å²) in [6.45, 7) is 0.376. The van der Waals surface area contributed by atoms with Gasteiger partial charge in [-0.25, -0.2) is 4.98 Å². The third-order valence-electron chi connectivity index (χ3n) is 3.21. The minimum atomic E-state index is -0.592. The van der Waals surface area contributed by atoms with Gasteiger partial charge in [-0.15, -0.1) is 11.6 Å². The van der Waals surface area contributed by atoms with Crippen LogP contribution in [0.3, 0.4) is 0 Å². The highest BCUT2D eigenvalue weighted by Crippen LogP contribution is 2.30. The van der Waals surface area contributed by atoms with Crippen LogP contribution in [0.15, 0.2) is 46.9 Å². The Labute approximate surface area is 137 Å². The molecule has 6 heteroatoms. The molecule has 0 radical (unpaired) electrons. The fourth-order valence-electron chi connectivity index (χ4n) is 2.07. The van der Waals surface area contributed by atoms with Crippen molar-refractivity contribution >= 4 is 40.0 Å². The molecule has 0 saturated carbocycles. The monoisotopic (exact) mass is 336 g/mol. The molecule has 1 atom stereocenters. The van der Waals surface area contributed by atoms with Gasteiger partial charge in [-0.3, -0.25) is 0 Å². The molecule has 0 aliphatic heterocycles. The van der Waals surface area contributed by atoms with Crippen molar-refractivity contribution in [3.63, 3.8) is 0 Å². The standard InChI is InChI=1S/C16H14Cl2N2O2/c17-8-11(21)9-19-10-5-6-14-15(7-10)22-16(20-14)12-3-1-2-4-13(12)18/h1-7,11,19,21H,8-9H2. The quantitative estimate of drug-likeness (QED) is 0.687. The second-order valence-corrected chi connectivity index (χ2v) is 5.59. The molecule has 22 heavy (non-hydrogen) atoms. The number of hydrogen-bond donors (Lipinski definition) is 2. The highest BCUT2D eigenvalue weighted by atomic mass is 35.5. The van der Waals surface area contributed by atoms with Gasteiger partial charge in [0.2, 0.25) is 5.89 Å². The first-order valence-electron chi connectivity index (χ1n) is 6.81. The summed E-state index contributed by atoms with van der Waals surface area (Å²) in [5, 5.41) is 13.2. The zero-order chi connectivity index (χ0) is 15.5. The number of nitrogens with zero attached hydrogens (tertiary/aromatic N) is 1. The molecular weight excluding hydrogens is 323 g/mol. The lowest BCUT2D eigenvalue weighted by Crippen LogP contribution is -2.20. The average Bonchev–Trinajstić information content (AvgIpc) is 2.95. The molecule has 114 valence electrons. The second kappa shape index (κ2) is 6.57. The first-order chi connectivity index (χ1) is 10.7. The number of fused-ring (bicyclic) bond motifs is 1. The van der Waals surface area contributed by atoms with Crippen molar-refractivity contribution in [3.8, 4) is 11.5 Å². The second-order valence-electron chi connectivity index (χ2n) is 4.87. The van der Waals surface area contributed by atoms with E-state index in [1.54, 1.807) is 6.07 Å². The van der Waals surface area contributed by atoms with Crippen LogP contribution in [0.2, 0.25) is 5.02 Å². The Morgan fingerprint density at radius 3 is 2.82 bits per heavy atom. The molecule has 3 aromatic rings. The molecule has 2 aromatic carbocycles. The van der Waals surface area contributed by atoms with E-state index >= 15 is 0 Å². The molecule has 2 N–H and O–H groups in total. The van der Waals surface area contributed by atoms with Crippen LogP contribution in [0.25, 0.3) is 22.6 Å². The number of halogens is 2. The number of rotatable bonds is 5. The summed E-state index contributed by atoms with van der Waals surface area (Å²) in [7, 11) is 0. The molecule has 0 amide bonds. The van der Waals surface area contributed by atoms with Crippen LogP contribution < -0.4 is 5.32 Å². The van der Waals surface area contributed by atoms with E-state index in [1.807, 2.05) is 36.4 Å². The van der Waals surface area contributed by atoms with Crippen molar-refractivity contribution < 1.29 is 9.52 Å². The molecule has 1 aromatic heterocycles. The Kier molecular flexibility index (Phi) is 4.52. The van der Waals surface area contributed by atoms with E-state index in [0.717, 1.165) is 16.8 Å². The summed E-state index contributed by atoms with van der Waals surface area (Å²) < 4.78 is 5.78. The van der Waals surface area contributed by atoms with Gasteiger partial charge in [-0.2, -0.15) is 0 Å². The summed E-state index contributed by atoms with van der Waals surface area (Å²) in [6, 6.07) is 13.0. The molecule has 0 aliphatic carbocycles. The van der Waals surface area contributed by atoms with Gasteiger partial charge in [-0.1, -0.05) is 23.7 Å². The van der Waals surface area contributed by atoms with Crippen LogP contribution in [0.5, 0.6) is 0 Å². The summed E-state index contributed by atoms with van der Waals surface area (Å²) in [4.78, 5) is 4.45. The van der Waals surface area contributed by atoms with E-state index in [0.29, 0.717) is 23.0 Å². The summed E-state index contributed by atoms with van der Waals surface area (Å²) >= 11 is 11.7. The van der Waals surface area contributed by atoms with Gasteiger partial charge in [0, 0.05) is 18.3 Å². The number of oxazole rings is 1. The number of hydrogen-bond acceptors (Lipinski definition) is 4. The molecule has 0 aliphatic rings. The molecule has 3 rings (SSSR count). The Balaban J connectivity index is 1.89. The average molecular weight is 337 g/mol. The van der Waals surface area contributed by atoms with Crippen molar-refractivity contribution in [2.24, 2.45) is 0 Å². The highest BCUT2D eigenvalue weighted by molar-refractivity contribution is 6.33. The normalized spacial score (nSPS) is 12.5. The molecule has 1 unspecified atom stereocenters. The fraction of sp³-hybridized carbons (Fsp3) is 0.188. The third-order valence-corrected chi connectivity index (χ3v) is 3.90. The van der Waals surface area contributed by atoms with Gasteiger partial charge in [0.25, 0.3) is 0 Å². The van der Waals surface area contributed by atoms with E-state index in [2.05, 4.69) is 10.3 Å². The van der Waals surface area contributed by atoms with Gasteiger partial charge in [0.05, 0.1) is 22.6 Å². The zero-order valence-corrected chi connectivity index (χ0v) is 13.1. The third kappa shape index (κ3) is 3.19. The van der Waals surface area contributed by atoms with Crippen LogP contribution >= 0.6 is 23.2 Å². The predicted octanol–water partition coefficient (Wildman–Crippen LogP) is 4.16. The van der Waals surface area contributed by atoms with Crippen molar-refractivity contribution in [2.45, 2.75) is 6.10 Å². The van der Waals surface area contributed by atoms with Crippen LogP contribution in [0, 0.1) is 0 Å². The highest BCUT2D eigenvalue weighted by Gasteiger charge is 2.11. The topological polar surface area (TPSA) is 58.3 Å². The van der Waals surface area contributed by atoms with Crippen molar-refractivity contribution in [3.05, 3.63) is 47.5 Å². The van der Waals surface area contributed by atoms with E-state index in [1.165, 1.54) is 0 Å². The Hall–Kier alpha value is -1.75. The SMILES string of the molecule is OC(CCl)CNc1ccc2nc(-c3ccccc3Cl)oc2c1. The lowest BCUT2D eigenvalue weighted by atomic mass is 10.2. The maximum Gasteiger partial charge on any atom is 0.228 e. The lowest BCUT2D eigenvalue weighted by Gasteiger charge is -2.09. The maximum absolute atomic E-state index is 9.47. The van der Waals surface area contributed by atoms with E-state index in [-0.39, 0.29) is 5.88 Å². The summed E-state index contributed by atoms with van der Waals surface area (Å²) in [5.41, 5.74) is 2.99. The molecule has 0 saturated heterocycles. The van der Waals surface area contributed by atoms with Gasteiger partial charge in [0.15, 0.2) is 5.58 Å². The number of alkyl halides is 1. The van der Waals surface area contributed by atoms with Gasteiger partial charge < -0.3 is 14.8 Å².